The molecule has 3 aromatic rings. The van der Waals surface area contributed by atoms with Gasteiger partial charge in [-0.2, -0.15) is 13.2 Å². The number of thiazole rings is 1. The molecule has 0 bridgehead atoms. The highest BCUT2D eigenvalue weighted by Crippen LogP contribution is 2.32. The molecule has 0 saturated heterocycles. The van der Waals surface area contributed by atoms with E-state index in [1.54, 1.807) is 6.08 Å². The standard InChI is InChI=1S/C18H12F3NO2S/c19-18(20,21)13-7-5-11(6-8-13)9-12(10-16(23)24)17-22-14-3-1-2-4-15(14)25-17/h1-9H,10H2,(H,23,24). The van der Waals surface area contributed by atoms with Crippen LogP contribution in [0.25, 0.3) is 21.9 Å². The van der Waals surface area contributed by atoms with Gasteiger partial charge < -0.3 is 5.11 Å². The van der Waals surface area contributed by atoms with Crippen LogP contribution in [-0.4, -0.2) is 16.1 Å². The summed E-state index contributed by atoms with van der Waals surface area (Å²) >= 11 is 1.35. The number of aromatic nitrogens is 1. The van der Waals surface area contributed by atoms with Gasteiger partial charge in [-0.25, -0.2) is 4.98 Å². The van der Waals surface area contributed by atoms with Crippen LogP contribution in [-0.2, 0) is 11.0 Å². The second kappa shape index (κ2) is 6.68. The molecule has 0 saturated carbocycles. The van der Waals surface area contributed by atoms with Crippen molar-refractivity contribution in [3.05, 3.63) is 64.7 Å². The molecule has 0 amide bonds. The van der Waals surface area contributed by atoms with E-state index >= 15 is 0 Å². The van der Waals surface area contributed by atoms with Gasteiger partial charge in [0.15, 0.2) is 0 Å². The molecular formula is C18H12F3NO2S. The fourth-order valence-corrected chi connectivity index (χ4v) is 3.31. The van der Waals surface area contributed by atoms with E-state index in [0.29, 0.717) is 16.1 Å². The smallest absolute Gasteiger partial charge is 0.416 e. The lowest BCUT2D eigenvalue weighted by Crippen LogP contribution is -2.04. The number of hydrogen-bond acceptors (Lipinski definition) is 3. The van der Waals surface area contributed by atoms with Crippen molar-refractivity contribution in [3.63, 3.8) is 0 Å². The molecule has 0 fully saturated rings. The summed E-state index contributed by atoms with van der Waals surface area (Å²) in [7, 11) is 0. The Labute approximate surface area is 145 Å². The summed E-state index contributed by atoms with van der Waals surface area (Å²) in [6.45, 7) is 0. The summed E-state index contributed by atoms with van der Waals surface area (Å²) in [6, 6.07) is 12.0. The zero-order valence-corrected chi connectivity index (χ0v) is 13.6. The number of para-hydroxylation sites is 1. The van der Waals surface area contributed by atoms with E-state index in [1.807, 2.05) is 24.3 Å². The van der Waals surface area contributed by atoms with Crippen molar-refractivity contribution in [3.8, 4) is 0 Å². The Morgan fingerprint density at radius 1 is 1.12 bits per heavy atom. The molecule has 0 aliphatic carbocycles. The Kier molecular flexibility index (Phi) is 4.59. The maximum atomic E-state index is 12.6. The molecule has 2 aromatic carbocycles. The van der Waals surface area contributed by atoms with Crippen molar-refractivity contribution >= 4 is 39.2 Å². The average molecular weight is 363 g/mol. The van der Waals surface area contributed by atoms with Crippen LogP contribution in [0.2, 0.25) is 0 Å². The van der Waals surface area contributed by atoms with Crippen molar-refractivity contribution in [1.29, 1.82) is 0 Å². The number of carbonyl (C=O) groups is 1. The van der Waals surface area contributed by atoms with Crippen LogP contribution in [0.4, 0.5) is 13.2 Å². The molecule has 0 atom stereocenters. The van der Waals surface area contributed by atoms with Gasteiger partial charge in [-0.3, -0.25) is 4.79 Å². The molecule has 1 aromatic heterocycles. The molecule has 0 unspecified atom stereocenters. The van der Waals surface area contributed by atoms with Gasteiger partial charge in [0.05, 0.1) is 22.2 Å². The van der Waals surface area contributed by atoms with Crippen LogP contribution < -0.4 is 0 Å². The van der Waals surface area contributed by atoms with E-state index in [2.05, 4.69) is 4.98 Å². The van der Waals surface area contributed by atoms with Crippen molar-refractivity contribution in [2.24, 2.45) is 0 Å². The van der Waals surface area contributed by atoms with Crippen LogP contribution in [0.3, 0.4) is 0 Å². The van der Waals surface area contributed by atoms with Crippen molar-refractivity contribution < 1.29 is 23.1 Å². The highest BCUT2D eigenvalue weighted by molar-refractivity contribution is 7.19. The Morgan fingerprint density at radius 2 is 1.80 bits per heavy atom. The Hall–Kier alpha value is -2.67. The van der Waals surface area contributed by atoms with Gasteiger partial charge in [0.2, 0.25) is 0 Å². The topological polar surface area (TPSA) is 50.2 Å². The van der Waals surface area contributed by atoms with Crippen molar-refractivity contribution in [2.45, 2.75) is 12.6 Å². The molecule has 128 valence electrons. The third-order valence-electron chi connectivity index (χ3n) is 3.49. The van der Waals surface area contributed by atoms with Gasteiger partial charge >= 0.3 is 12.1 Å². The lowest BCUT2D eigenvalue weighted by molar-refractivity contribution is -0.138. The second-order valence-electron chi connectivity index (χ2n) is 5.35. The quantitative estimate of drug-likeness (QED) is 0.682. The molecule has 1 N–H and O–H groups in total. The van der Waals surface area contributed by atoms with E-state index in [4.69, 9.17) is 5.11 Å². The molecule has 0 spiro atoms. The molecule has 1 heterocycles. The number of nitrogens with zero attached hydrogens (tertiary/aromatic N) is 1. The molecule has 7 heteroatoms. The number of rotatable bonds is 4. The van der Waals surface area contributed by atoms with Crippen molar-refractivity contribution in [2.75, 3.05) is 0 Å². The summed E-state index contributed by atoms with van der Waals surface area (Å²) in [4.78, 5) is 15.6. The largest absolute Gasteiger partial charge is 0.481 e. The van der Waals surface area contributed by atoms with E-state index in [9.17, 15) is 18.0 Å². The highest BCUT2D eigenvalue weighted by atomic mass is 32.1. The summed E-state index contributed by atoms with van der Waals surface area (Å²) in [5.41, 5.74) is 0.951. The average Bonchev–Trinajstić information content (AvgIpc) is 2.97. The van der Waals surface area contributed by atoms with Crippen LogP contribution in [0.15, 0.2) is 48.5 Å². The predicted octanol–water partition coefficient (Wildman–Crippen LogP) is 5.33. The summed E-state index contributed by atoms with van der Waals surface area (Å²) in [5, 5.41) is 9.68. The number of carboxylic acid groups (broad SMARTS) is 1. The zero-order chi connectivity index (χ0) is 18.0. The molecule has 0 aliphatic rings. The van der Waals surface area contributed by atoms with E-state index in [1.165, 1.54) is 23.5 Å². The van der Waals surface area contributed by atoms with Gasteiger partial charge in [-0.05, 0) is 41.5 Å². The summed E-state index contributed by atoms with van der Waals surface area (Å²) in [5.74, 6) is -1.03. The number of benzene rings is 2. The number of alkyl halides is 3. The maximum Gasteiger partial charge on any atom is 0.416 e. The zero-order valence-electron chi connectivity index (χ0n) is 12.7. The Morgan fingerprint density at radius 3 is 2.40 bits per heavy atom. The Bertz CT molecular complexity index is 910. The molecule has 0 aliphatic heterocycles. The van der Waals surface area contributed by atoms with Gasteiger partial charge in [-0.15, -0.1) is 11.3 Å². The van der Waals surface area contributed by atoms with E-state index in [-0.39, 0.29) is 6.42 Å². The summed E-state index contributed by atoms with van der Waals surface area (Å²) in [6.07, 6.45) is -3.11. The van der Waals surface area contributed by atoms with E-state index < -0.39 is 17.7 Å². The van der Waals surface area contributed by atoms with Crippen LogP contribution in [0, 0.1) is 0 Å². The third-order valence-corrected chi connectivity index (χ3v) is 4.60. The first-order chi connectivity index (χ1) is 11.8. The molecular weight excluding hydrogens is 351 g/mol. The first-order valence-corrected chi connectivity index (χ1v) is 8.10. The number of hydrogen-bond donors (Lipinski definition) is 1. The third kappa shape index (κ3) is 4.06. The monoisotopic (exact) mass is 363 g/mol. The predicted molar refractivity (Wildman–Crippen MR) is 91.2 cm³/mol. The van der Waals surface area contributed by atoms with Crippen LogP contribution >= 0.6 is 11.3 Å². The lowest BCUT2D eigenvalue weighted by Gasteiger charge is -2.07. The first kappa shape index (κ1) is 17.2. The number of carboxylic acids is 1. The normalized spacial score (nSPS) is 12.5. The summed E-state index contributed by atoms with van der Waals surface area (Å²) < 4.78 is 38.8. The number of fused-ring (bicyclic) bond motifs is 1. The highest BCUT2D eigenvalue weighted by Gasteiger charge is 2.29. The van der Waals surface area contributed by atoms with Crippen molar-refractivity contribution in [1.82, 2.24) is 4.98 Å². The molecule has 3 rings (SSSR count). The fraction of sp³-hybridized carbons (Fsp3) is 0.111. The molecule has 3 nitrogen and oxygen atoms in total. The van der Waals surface area contributed by atoms with E-state index in [0.717, 1.165) is 22.3 Å². The van der Waals surface area contributed by atoms with Gasteiger partial charge in [0.25, 0.3) is 0 Å². The number of aliphatic carboxylic acids is 1. The van der Waals surface area contributed by atoms with Gasteiger partial charge in [-0.1, -0.05) is 24.3 Å². The van der Waals surface area contributed by atoms with Crippen LogP contribution in [0.1, 0.15) is 22.6 Å². The lowest BCUT2D eigenvalue weighted by atomic mass is 10.1. The first-order valence-electron chi connectivity index (χ1n) is 7.28. The fourth-order valence-electron chi connectivity index (χ4n) is 2.33. The minimum atomic E-state index is -4.40. The number of halogens is 3. The van der Waals surface area contributed by atoms with Crippen LogP contribution in [0.5, 0.6) is 0 Å². The maximum absolute atomic E-state index is 12.6. The Balaban J connectivity index is 2.00. The second-order valence-corrected chi connectivity index (χ2v) is 6.38. The molecule has 0 radical (unpaired) electrons. The SMILES string of the molecule is O=C(O)CC(=Cc1ccc(C(F)(F)F)cc1)c1nc2ccccc2s1. The van der Waals surface area contributed by atoms with Gasteiger partial charge in [0, 0.05) is 0 Å². The van der Waals surface area contributed by atoms with Gasteiger partial charge in [0.1, 0.15) is 5.01 Å². The molecule has 25 heavy (non-hydrogen) atoms. The minimum Gasteiger partial charge on any atom is -0.481 e. The minimum absolute atomic E-state index is 0.263.